The van der Waals surface area contributed by atoms with Crippen LogP contribution in [-0.4, -0.2) is 17.3 Å². The Hall–Kier alpha value is -0.730. The molecule has 1 unspecified atom stereocenters. The van der Waals surface area contributed by atoms with Gasteiger partial charge in [-0.2, -0.15) is 0 Å². The number of rotatable bonds is 0. The fraction of sp³-hybridized carbons (Fsp3) is 0.400. The van der Waals surface area contributed by atoms with Gasteiger partial charge in [-0.3, -0.25) is 0 Å². The Kier molecular flexibility index (Phi) is 1.97. The largest absolute Gasteiger partial charge is 0.490 e. The zero-order valence-electron chi connectivity index (χ0n) is 7.38. The van der Waals surface area contributed by atoms with Crippen LogP contribution in [0.25, 0.3) is 0 Å². The van der Waals surface area contributed by atoms with Gasteiger partial charge in [0, 0.05) is 11.4 Å². The van der Waals surface area contributed by atoms with Crippen molar-refractivity contribution in [3.8, 4) is 5.75 Å². The third kappa shape index (κ3) is 1.79. The predicted molar refractivity (Wildman–Crippen MR) is 51.3 cm³/mol. The molecule has 1 heterocycles. The number of fused-ring (bicyclic) bond motifs is 1. The molecule has 0 bridgehead atoms. The smallest absolute Gasteiger partial charge is 0.122 e. The summed E-state index contributed by atoms with van der Waals surface area (Å²) in [7, 11) is 0. The molecule has 1 N–H and O–H groups in total. The molecular weight excluding hydrogens is 188 g/mol. The summed E-state index contributed by atoms with van der Waals surface area (Å²) in [6.45, 7) is 2.11. The summed E-state index contributed by atoms with van der Waals surface area (Å²) >= 11 is 5.83. The lowest BCUT2D eigenvalue weighted by atomic mass is 9.94. The zero-order chi connectivity index (χ0) is 9.47. The molecule has 0 fully saturated rings. The van der Waals surface area contributed by atoms with Crippen LogP contribution in [-0.2, 0) is 6.42 Å². The lowest BCUT2D eigenvalue weighted by Gasteiger charge is -2.30. The molecule has 0 spiro atoms. The number of aliphatic hydroxyl groups is 1. The maximum atomic E-state index is 9.74. The average molecular weight is 199 g/mol. The molecule has 1 atom stereocenters. The summed E-state index contributed by atoms with van der Waals surface area (Å²) in [5.41, 5.74) is 0.210. The summed E-state index contributed by atoms with van der Waals surface area (Å²) in [5.74, 6) is 0.830. The van der Waals surface area contributed by atoms with Crippen molar-refractivity contribution in [3.05, 3.63) is 28.8 Å². The van der Waals surface area contributed by atoms with E-state index >= 15 is 0 Å². The molecule has 3 heteroatoms. The minimum absolute atomic E-state index is 0.349. The molecule has 70 valence electrons. The fourth-order valence-electron chi connectivity index (χ4n) is 1.52. The molecular formula is C10H11ClO2. The van der Waals surface area contributed by atoms with Crippen molar-refractivity contribution in [2.75, 3.05) is 6.61 Å². The molecule has 1 aromatic rings. The lowest BCUT2D eigenvalue weighted by Crippen LogP contribution is -2.38. The molecule has 0 radical (unpaired) electrons. The van der Waals surface area contributed by atoms with Crippen molar-refractivity contribution < 1.29 is 9.84 Å². The number of hydrogen-bond donors (Lipinski definition) is 1. The van der Waals surface area contributed by atoms with Gasteiger partial charge < -0.3 is 9.84 Å². The van der Waals surface area contributed by atoms with Crippen LogP contribution in [0.1, 0.15) is 12.5 Å². The van der Waals surface area contributed by atoms with E-state index < -0.39 is 5.60 Å². The molecule has 0 saturated carbocycles. The zero-order valence-corrected chi connectivity index (χ0v) is 8.14. The van der Waals surface area contributed by atoms with Gasteiger partial charge in [-0.25, -0.2) is 0 Å². The Balaban J connectivity index is 2.38. The molecule has 0 aliphatic carbocycles. The number of hydrogen-bond acceptors (Lipinski definition) is 2. The van der Waals surface area contributed by atoms with Gasteiger partial charge in [0.25, 0.3) is 0 Å². The second-order valence-electron chi connectivity index (χ2n) is 3.71. The predicted octanol–water partition coefficient (Wildman–Crippen LogP) is 2.03. The van der Waals surface area contributed by atoms with Gasteiger partial charge in [-0.05, 0) is 30.7 Å². The van der Waals surface area contributed by atoms with Crippen molar-refractivity contribution in [2.24, 2.45) is 0 Å². The quantitative estimate of drug-likeness (QED) is 0.691. The minimum Gasteiger partial charge on any atom is -0.490 e. The van der Waals surface area contributed by atoms with E-state index in [0.717, 1.165) is 11.3 Å². The number of ether oxygens (including phenoxy) is 1. The highest BCUT2D eigenvalue weighted by Crippen LogP contribution is 2.31. The van der Waals surface area contributed by atoms with Gasteiger partial charge in [0.2, 0.25) is 0 Å². The third-order valence-electron chi connectivity index (χ3n) is 2.13. The van der Waals surface area contributed by atoms with E-state index in [1.165, 1.54) is 0 Å². The number of halogens is 1. The molecule has 1 aromatic carbocycles. The maximum Gasteiger partial charge on any atom is 0.122 e. The van der Waals surface area contributed by atoms with E-state index in [1.807, 2.05) is 12.1 Å². The molecule has 0 aromatic heterocycles. The Bertz CT molecular complexity index is 334. The molecule has 2 nitrogen and oxygen atoms in total. The summed E-state index contributed by atoms with van der Waals surface area (Å²) < 4.78 is 5.39. The van der Waals surface area contributed by atoms with Gasteiger partial charge in [0.05, 0.1) is 5.60 Å². The van der Waals surface area contributed by atoms with E-state index in [0.29, 0.717) is 18.1 Å². The first kappa shape index (κ1) is 8.85. The molecule has 13 heavy (non-hydrogen) atoms. The van der Waals surface area contributed by atoms with Gasteiger partial charge in [-0.1, -0.05) is 11.6 Å². The normalized spacial score (nSPS) is 26.4. The second-order valence-corrected chi connectivity index (χ2v) is 4.15. The highest BCUT2D eigenvalue weighted by atomic mass is 35.5. The van der Waals surface area contributed by atoms with Gasteiger partial charge in [0.15, 0.2) is 0 Å². The first-order valence-corrected chi connectivity index (χ1v) is 4.58. The summed E-state index contributed by atoms with van der Waals surface area (Å²) in [4.78, 5) is 0. The molecule has 1 aliphatic rings. The Morgan fingerprint density at radius 1 is 1.54 bits per heavy atom. The van der Waals surface area contributed by atoms with E-state index in [1.54, 1.807) is 13.0 Å². The molecule has 0 saturated heterocycles. The summed E-state index contributed by atoms with van der Waals surface area (Å²) in [6, 6.07) is 5.47. The van der Waals surface area contributed by atoms with Crippen LogP contribution in [0.3, 0.4) is 0 Å². The van der Waals surface area contributed by atoms with Gasteiger partial charge in [0.1, 0.15) is 12.4 Å². The first-order chi connectivity index (χ1) is 6.07. The van der Waals surface area contributed by atoms with Crippen molar-refractivity contribution in [2.45, 2.75) is 18.9 Å². The summed E-state index contributed by atoms with van der Waals surface area (Å²) in [6.07, 6.45) is 0.600. The Morgan fingerprint density at radius 3 is 3.08 bits per heavy atom. The number of benzene rings is 1. The van der Waals surface area contributed by atoms with Crippen molar-refractivity contribution in [3.63, 3.8) is 0 Å². The third-order valence-corrected chi connectivity index (χ3v) is 2.37. The van der Waals surface area contributed by atoms with Crippen LogP contribution >= 0.6 is 11.6 Å². The average Bonchev–Trinajstić information content (AvgIpc) is 2.01. The molecule has 0 amide bonds. The Labute approximate surface area is 82.1 Å². The Morgan fingerprint density at radius 2 is 2.31 bits per heavy atom. The van der Waals surface area contributed by atoms with Gasteiger partial charge in [-0.15, -0.1) is 0 Å². The van der Waals surface area contributed by atoms with Crippen LogP contribution in [0.4, 0.5) is 0 Å². The fourth-order valence-corrected chi connectivity index (χ4v) is 1.72. The SMILES string of the molecule is CC1(O)COc2ccc(Cl)cc2C1. The topological polar surface area (TPSA) is 29.5 Å². The van der Waals surface area contributed by atoms with Gasteiger partial charge >= 0.3 is 0 Å². The lowest BCUT2D eigenvalue weighted by molar-refractivity contribution is -0.000601. The highest BCUT2D eigenvalue weighted by Gasteiger charge is 2.28. The maximum absolute atomic E-state index is 9.74. The van der Waals surface area contributed by atoms with Crippen molar-refractivity contribution in [1.82, 2.24) is 0 Å². The van der Waals surface area contributed by atoms with Crippen LogP contribution in [0.5, 0.6) is 5.75 Å². The van der Waals surface area contributed by atoms with E-state index in [2.05, 4.69) is 0 Å². The van der Waals surface area contributed by atoms with Crippen LogP contribution in [0.2, 0.25) is 5.02 Å². The van der Waals surface area contributed by atoms with Crippen LogP contribution in [0, 0.1) is 0 Å². The monoisotopic (exact) mass is 198 g/mol. The van der Waals surface area contributed by atoms with E-state index in [-0.39, 0.29) is 0 Å². The van der Waals surface area contributed by atoms with E-state index in [9.17, 15) is 5.11 Å². The summed E-state index contributed by atoms with van der Waals surface area (Å²) in [5, 5.41) is 10.4. The first-order valence-electron chi connectivity index (χ1n) is 4.20. The van der Waals surface area contributed by atoms with Crippen LogP contribution in [0.15, 0.2) is 18.2 Å². The minimum atomic E-state index is -0.766. The standard InChI is InChI=1S/C10H11ClO2/c1-10(12)5-7-4-8(11)2-3-9(7)13-6-10/h2-4,12H,5-6H2,1H3. The van der Waals surface area contributed by atoms with Crippen LogP contribution < -0.4 is 4.74 Å². The van der Waals surface area contributed by atoms with Crippen molar-refractivity contribution >= 4 is 11.6 Å². The van der Waals surface area contributed by atoms with E-state index in [4.69, 9.17) is 16.3 Å². The molecule has 2 rings (SSSR count). The second kappa shape index (κ2) is 2.89. The molecule has 1 aliphatic heterocycles. The van der Waals surface area contributed by atoms with Crippen molar-refractivity contribution in [1.29, 1.82) is 0 Å². The highest BCUT2D eigenvalue weighted by molar-refractivity contribution is 6.30.